The van der Waals surface area contributed by atoms with E-state index in [0.29, 0.717) is 0 Å². The van der Waals surface area contributed by atoms with E-state index in [0.717, 1.165) is 6.33 Å². The summed E-state index contributed by atoms with van der Waals surface area (Å²) in [5, 5.41) is 20.0. The quantitative estimate of drug-likeness (QED) is 0.247. The largest absolute Gasteiger partial charge is 1.00 e. The summed E-state index contributed by atoms with van der Waals surface area (Å²) in [5.41, 5.74) is 4.81. The number of aliphatic hydroxyl groups excluding tert-OH is 2. The Morgan fingerprint density at radius 2 is 2.16 bits per heavy atom. The molecule has 5 atom stereocenters. The van der Waals surface area contributed by atoms with E-state index in [-0.39, 0.29) is 46.7 Å². The Labute approximate surface area is 161 Å². The van der Waals surface area contributed by atoms with E-state index in [4.69, 9.17) is 15.4 Å². The number of nitrogen functional groups attached to an aromatic ring is 1. The van der Waals surface area contributed by atoms with Crippen molar-refractivity contribution in [2.24, 2.45) is 0 Å². The second kappa shape index (κ2) is 7.40. The second-order valence-electron chi connectivity index (χ2n) is 5.09. The number of aromatic amines is 1. The van der Waals surface area contributed by atoms with Crippen LogP contribution in [0.25, 0.3) is 11.2 Å². The summed E-state index contributed by atoms with van der Waals surface area (Å²) in [6, 6.07) is 0. The van der Waals surface area contributed by atoms with Gasteiger partial charge in [-0.1, -0.05) is 0 Å². The fourth-order valence-electron chi connectivity index (χ4n) is 2.39. The maximum atomic E-state index is 11.7. The molecular weight excluding hydrogens is 372 g/mol. The van der Waals surface area contributed by atoms with Crippen LogP contribution in [0.2, 0.25) is 0 Å². The minimum Gasteiger partial charge on any atom is -0.756 e. The van der Waals surface area contributed by atoms with Gasteiger partial charge in [0, 0.05) is 0 Å². The molecule has 1 unspecified atom stereocenters. The molecule has 0 saturated carbocycles. The van der Waals surface area contributed by atoms with Crippen molar-refractivity contribution in [3.05, 3.63) is 16.7 Å². The van der Waals surface area contributed by atoms with E-state index in [2.05, 4.69) is 19.5 Å². The number of ether oxygens (including phenoxy) is 1. The molecule has 1 aliphatic rings. The normalized spacial score (nSPS) is 28.6. The molecule has 2 aromatic heterocycles. The monoisotopic (exact) mass is 385 g/mol. The number of rotatable bonds is 4. The number of phosphoric ester groups is 1. The van der Waals surface area contributed by atoms with Crippen LogP contribution in [0.4, 0.5) is 5.95 Å². The molecule has 1 saturated heterocycles. The Bertz CT molecular complexity index is 867. The number of hydrogen-bond acceptors (Lipinski definition) is 10. The van der Waals surface area contributed by atoms with Crippen molar-refractivity contribution >= 4 is 24.9 Å². The van der Waals surface area contributed by atoms with Crippen LogP contribution in [0, 0.1) is 0 Å². The van der Waals surface area contributed by atoms with Crippen LogP contribution in [-0.4, -0.2) is 59.5 Å². The number of anilines is 1. The van der Waals surface area contributed by atoms with E-state index in [9.17, 15) is 24.5 Å². The minimum absolute atomic E-state index is 0. The van der Waals surface area contributed by atoms with Crippen LogP contribution in [0.15, 0.2) is 11.1 Å². The van der Waals surface area contributed by atoms with Crippen LogP contribution in [0.1, 0.15) is 6.23 Å². The summed E-state index contributed by atoms with van der Waals surface area (Å²) in [5.74, 6) is -0.185. The molecule has 25 heavy (non-hydrogen) atoms. The first-order valence-corrected chi connectivity index (χ1v) is 8.09. The average Bonchev–Trinajstić information content (AvgIpc) is 3.00. The van der Waals surface area contributed by atoms with E-state index >= 15 is 0 Å². The molecule has 0 spiro atoms. The molecule has 2 aromatic rings. The van der Waals surface area contributed by atoms with Gasteiger partial charge in [-0.05, 0) is 0 Å². The molecule has 0 radical (unpaired) electrons. The van der Waals surface area contributed by atoms with Gasteiger partial charge in [0.15, 0.2) is 17.4 Å². The number of aliphatic hydroxyl groups is 2. The van der Waals surface area contributed by atoms with Gasteiger partial charge in [0.25, 0.3) is 13.4 Å². The molecule has 1 aliphatic heterocycles. The second-order valence-corrected chi connectivity index (χ2v) is 6.28. The molecule has 13 nitrogen and oxygen atoms in total. The van der Waals surface area contributed by atoms with Gasteiger partial charge < -0.3 is 35.0 Å². The van der Waals surface area contributed by atoms with Gasteiger partial charge in [-0.2, -0.15) is 4.98 Å². The number of nitrogens with zero attached hydrogens (tertiary/aromatic N) is 3. The molecule has 132 valence electrons. The zero-order chi connectivity index (χ0) is 17.6. The topological polar surface area (TPSA) is 209 Å². The third kappa shape index (κ3) is 4.11. The fourth-order valence-corrected chi connectivity index (χ4v) is 2.73. The van der Waals surface area contributed by atoms with Crippen molar-refractivity contribution in [3.63, 3.8) is 0 Å². The standard InChI is InChI=1S/C10H14N5O8P.Na/c11-10-13-7-4(8(18)14-10)12-2-15(7)9-6(17)5(16)3(23-9)1-22-24(19,20)21;/h2-3,5-6,9,16-17H,1H2,(H2,19,20,21)(H3,11,13,14,18);/q;+1/p-1/t3-,5-,6+,9-;/m0./s1. The third-order valence-electron chi connectivity index (χ3n) is 3.46. The summed E-state index contributed by atoms with van der Waals surface area (Å²) >= 11 is 0. The predicted octanol–water partition coefficient (Wildman–Crippen LogP) is -6.20. The number of nitrogens with one attached hydrogen (secondary N) is 1. The number of hydrogen-bond donors (Lipinski definition) is 5. The molecule has 3 heterocycles. The molecule has 15 heteroatoms. The van der Waals surface area contributed by atoms with Crippen LogP contribution in [-0.2, 0) is 13.8 Å². The Morgan fingerprint density at radius 3 is 2.80 bits per heavy atom. The van der Waals surface area contributed by atoms with Crippen LogP contribution >= 0.6 is 7.82 Å². The number of imidazole rings is 1. The predicted molar refractivity (Wildman–Crippen MR) is 74.3 cm³/mol. The van der Waals surface area contributed by atoms with Crippen LogP contribution in [0.3, 0.4) is 0 Å². The van der Waals surface area contributed by atoms with Crippen molar-refractivity contribution in [2.45, 2.75) is 24.5 Å². The molecule has 0 aromatic carbocycles. The number of H-pyrrole nitrogens is 1. The number of phosphoric acid groups is 1. The summed E-state index contributed by atoms with van der Waals surface area (Å²) in [4.78, 5) is 40.9. The van der Waals surface area contributed by atoms with Crippen molar-refractivity contribution in [2.75, 3.05) is 12.3 Å². The van der Waals surface area contributed by atoms with Crippen molar-refractivity contribution < 1.29 is 63.4 Å². The Balaban J connectivity index is 0.00000225. The first-order chi connectivity index (χ1) is 11.2. The van der Waals surface area contributed by atoms with E-state index < -0.39 is 44.5 Å². The molecule has 0 amide bonds. The zero-order valence-corrected chi connectivity index (χ0v) is 15.7. The van der Waals surface area contributed by atoms with Crippen LogP contribution in [0.5, 0.6) is 0 Å². The number of fused-ring (bicyclic) bond motifs is 1. The first kappa shape index (κ1) is 20.5. The van der Waals surface area contributed by atoms with E-state index in [1.807, 2.05) is 0 Å². The zero-order valence-electron chi connectivity index (χ0n) is 12.8. The van der Waals surface area contributed by atoms with Gasteiger partial charge in [-0.25, -0.2) is 4.98 Å². The summed E-state index contributed by atoms with van der Waals surface area (Å²) in [7, 11) is -5.01. The van der Waals surface area contributed by atoms with Crippen molar-refractivity contribution in [3.8, 4) is 0 Å². The summed E-state index contributed by atoms with van der Waals surface area (Å²) in [6.45, 7) is -0.714. The van der Waals surface area contributed by atoms with Crippen LogP contribution < -0.4 is 45.7 Å². The number of aromatic nitrogens is 4. The minimum atomic E-state index is -5.01. The number of nitrogens with two attached hydrogens (primary N) is 1. The van der Waals surface area contributed by atoms with Gasteiger partial charge in [-0.3, -0.25) is 18.9 Å². The van der Waals surface area contributed by atoms with Gasteiger partial charge in [0.2, 0.25) is 5.95 Å². The summed E-state index contributed by atoms with van der Waals surface area (Å²) < 4.78 is 21.3. The van der Waals surface area contributed by atoms with E-state index in [1.54, 1.807) is 0 Å². The Hall–Kier alpha value is -0.860. The maximum absolute atomic E-state index is 11.7. The maximum Gasteiger partial charge on any atom is 1.00 e. The summed E-state index contributed by atoms with van der Waals surface area (Å²) in [6.07, 6.45) is -4.34. The Kier molecular flexibility index (Phi) is 6.06. The smallest absolute Gasteiger partial charge is 0.756 e. The van der Waals surface area contributed by atoms with Gasteiger partial charge in [-0.15, -0.1) is 0 Å². The molecular formula is C10H13N5NaO8P. The SMILES string of the molecule is Nc1nc2c(ncn2[C@H]2O[C@@H](COP(=O)([O-])O)[C@H](O)[C@H]2O)c(=O)[nH]1.[Na+]. The van der Waals surface area contributed by atoms with Gasteiger partial charge in [0.1, 0.15) is 18.3 Å². The van der Waals surface area contributed by atoms with E-state index in [1.165, 1.54) is 4.57 Å². The molecule has 0 aliphatic carbocycles. The molecule has 0 bridgehead atoms. The fraction of sp³-hybridized carbons (Fsp3) is 0.500. The molecule has 1 fully saturated rings. The van der Waals surface area contributed by atoms with Crippen molar-refractivity contribution in [1.29, 1.82) is 0 Å². The van der Waals surface area contributed by atoms with Gasteiger partial charge >= 0.3 is 29.6 Å². The third-order valence-corrected chi connectivity index (χ3v) is 3.94. The molecule has 6 N–H and O–H groups in total. The average molecular weight is 385 g/mol. The first-order valence-electron chi connectivity index (χ1n) is 6.59. The van der Waals surface area contributed by atoms with Crippen molar-refractivity contribution in [1.82, 2.24) is 19.5 Å². The van der Waals surface area contributed by atoms with Gasteiger partial charge in [0.05, 0.1) is 12.9 Å². The Morgan fingerprint density at radius 1 is 1.48 bits per heavy atom. The molecule has 3 rings (SSSR count).